The highest BCUT2D eigenvalue weighted by atomic mass is 33.2. The van der Waals surface area contributed by atoms with Crippen LogP contribution in [0.25, 0.3) is 0 Å². The number of methoxy groups -OCH3 is 1. The fourth-order valence-electron chi connectivity index (χ4n) is 3.11. The van der Waals surface area contributed by atoms with Crippen LogP contribution in [0.4, 0.5) is 0 Å². The van der Waals surface area contributed by atoms with Gasteiger partial charge in [0.25, 0.3) is 0 Å². The second-order valence-corrected chi connectivity index (χ2v) is 13.4. The standard InChI is InChI=1S/C17H38N2OS2/c1-6-8-10-16(7-2)11-12-19(18-3)17-15-22(5,21-17)14-9-13-20-4/h16-18H,6-15H2,1-5H3. The number of ether oxygens (including phenoxy) is 1. The largest absolute Gasteiger partial charge is 0.385 e. The summed E-state index contributed by atoms with van der Waals surface area (Å²) in [5.74, 6) is 3.64. The zero-order valence-corrected chi connectivity index (χ0v) is 17.0. The van der Waals surface area contributed by atoms with Crippen LogP contribution < -0.4 is 5.43 Å². The van der Waals surface area contributed by atoms with E-state index in [0.717, 1.165) is 12.5 Å². The van der Waals surface area contributed by atoms with Crippen molar-refractivity contribution >= 4 is 19.9 Å². The van der Waals surface area contributed by atoms with E-state index in [0.29, 0.717) is 5.37 Å². The van der Waals surface area contributed by atoms with Gasteiger partial charge in [0, 0.05) is 26.0 Å². The van der Waals surface area contributed by atoms with E-state index in [1.165, 1.54) is 56.6 Å². The van der Waals surface area contributed by atoms with Crippen LogP contribution in [0.15, 0.2) is 0 Å². The van der Waals surface area contributed by atoms with Crippen LogP contribution in [0.5, 0.6) is 0 Å². The van der Waals surface area contributed by atoms with E-state index >= 15 is 0 Å². The van der Waals surface area contributed by atoms with Gasteiger partial charge in [-0.2, -0.15) is 9.06 Å². The molecule has 0 saturated carbocycles. The molecule has 22 heavy (non-hydrogen) atoms. The molecule has 3 atom stereocenters. The molecule has 1 aliphatic rings. The molecule has 1 fully saturated rings. The van der Waals surface area contributed by atoms with Crippen LogP contribution in [0.2, 0.25) is 0 Å². The third-order valence-corrected chi connectivity index (χ3v) is 11.2. The number of unbranched alkanes of at least 4 members (excludes halogenated alkanes) is 1. The van der Waals surface area contributed by atoms with Crippen LogP contribution >= 0.6 is 19.9 Å². The van der Waals surface area contributed by atoms with E-state index in [1.807, 2.05) is 0 Å². The van der Waals surface area contributed by atoms with E-state index in [1.54, 1.807) is 7.11 Å². The number of rotatable bonds is 13. The lowest BCUT2D eigenvalue weighted by atomic mass is 9.96. The number of hydrogen-bond donors (Lipinski definition) is 1. The summed E-state index contributed by atoms with van der Waals surface area (Å²) in [7, 11) is 5.70. The monoisotopic (exact) mass is 350 g/mol. The Labute approximate surface area is 144 Å². The Morgan fingerprint density at radius 3 is 2.59 bits per heavy atom. The summed E-state index contributed by atoms with van der Waals surface area (Å²) >= 11 is 0. The maximum atomic E-state index is 5.19. The molecule has 5 heteroatoms. The molecule has 1 rings (SSSR count). The first-order valence-electron chi connectivity index (χ1n) is 8.93. The molecule has 1 saturated heterocycles. The van der Waals surface area contributed by atoms with Gasteiger partial charge in [0.05, 0.1) is 5.37 Å². The molecule has 0 amide bonds. The number of nitrogens with zero attached hydrogens (tertiary/aromatic N) is 1. The van der Waals surface area contributed by atoms with Crippen LogP contribution in [-0.2, 0) is 4.74 Å². The molecule has 0 spiro atoms. The molecule has 3 nitrogen and oxygen atoms in total. The van der Waals surface area contributed by atoms with Crippen molar-refractivity contribution < 1.29 is 4.74 Å². The highest BCUT2D eigenvalue weighted by Gasteiger charge is 2.39. The van der Waals surface area contributed by atoms with E-state index in [9.17, 15) is 0 Å². The van der Waals surface area contributed by atoms with Crippen molar-refractivity contribution in [1.29, 1.82) is 0 Å². The van der Waals surface area contributed by atoms with Crippen molar-refractivity contribution in [1.82, 2.24) is 10.4 Å². The van der Waals surface area contributed by atoms with Gasteiger partial charge < -0.3 is 4.74 Å². The molecule has 1 N–H and O–H groups in total. The zero-order chi connectivity index (χ0) is 16.4. The van der Waals surface area contributed by atoms with E-state index in [2.05, 4.69) is 48.4 Å². The SMILES string of the molecule is CCCCC(CC)CCN(NC)C1CS(C)(CCCOC)S1. The fraction of sp³-hybridized carbons (Fsp3) is 1.00. The average molecular weight is 351 g/mol. The van der Waals surface area contributed by atoms with Gasteiger partial charge in [-0.25, -0.2) is 5.01 Å². The predicted molar refractivity (Wildman–Crippen MR) is 105 cm³/mol. The van der Waals surface area contributed by atoms with Gasteiger partial charge in [0.1, 0.15) is 0 Å². The van der Waals surface area contributed by atoms with Gasteiger partial charge in [0.2, 0.25) is 0 Å². The molecule has 0 aromatic rings. The highest BCUT2D eigenvalue weighted by molar-refractivity contribution is 8.96. The summed E-state index contributed by atoms with van der Waals surface area (Å²) < 4.78 is 5.19. The first-order chi connectivity index (χ1) is 10.6. The Bertz CT molecular complexity index is 286. The average Bonchev–Trinajstić information content (AvgIpc) is 2.49. The van der Waals surface area contributed by atoms with E-state index in [4.69, 9.17) is 4.74 Å². The molecule has 134 valence electrons. The molecule has 1 aliphatic heterocycles. The Morgan fingerprint density at radius 2 is 2.05 bits per heavy atom. The molecule has 0 aromatic carbocycles. The lowest BCUT2D eigenvalue weighted by molar-refractivity contribution is 0.181. The molecule has 3 unspecified atom stereocenters. The van der Waals surface area contributed by atoms with Gasteiger partial charge in [-0.05, 0) is 37.8 Å². The minimum absolute atomic E-state index is 0.419. The maximum Gasteiger partial charge on any atom is 0.0867 e. The van der Waals surface area contributed by atoms with Crippen LogP contribution in [-0.4, -0.2) is 55.5 Å². The number of hydrazine groups is 1. The highest BCUT2D eigenvalue weighted by Crippen LogP contribution is 2.69. The van der Waals surface area contributed by atoms with Gasteiger partial charge >= 0.3 is 0 Å². The predicted octanol–water partition coefficient (Wildman–Crippen LogP) is 4.49. The van der Waals surface area contributed by atoms with Crippen LogP contribution in [0.1, 0.15) is 52.4 Å². The van der Waals surface area contributed by atoms with Crippen LogP contribution in [0.3, 0.4) is 0 Å². The second-order valence-electron chi connectivity index (χ2n) is 6.57. The first kappa shape index (κ1) is 20.6. The van der Waals surface area contributed by atoms with Crippen molar-refractivity contribution in [3.8, 4) is 0 Å². The molecular formula is C17H38N2OS2. The summed E-state index contributed by atoms with van der Waals surface area (Å²) in [6.07, 6.45) is 10.5. The van der Waals surface area contributed by atoms with Crippen molar-refractivity contribution in [2.75, 3.05) is 45.1 Å². The summed E-state index contributed by atoms with van der Waals surface area (Å²) in [4.78, 5) is 0. The van der Waals surface area contributed by atoms with Crippen molar-refractivity contribution in [2.24, 2.45) is 5.92 Å². The van der Waals surface area contributed by atoms with Crippen molar-refractivity contribution in [3.05, 3.63) is 0 Å². The number of hydrogen-bond acceptors (Lipinski definition) is 4. The molecule has 0 radical (unpaired) electrons. The Morgan fingerprint density at radius 1 is 1.32 bits per heavy atom. The normalized spacial score (nSPS) is 29.1. The van der Waals surface area contributed by atoms with Crippen molar-refractivity contribution in [3.63, 3.8) is 0 Å². The maximum absolute atomic E-state index is 5.19. The quantitative estimate of drug-likeness (QED) is 0.300. The lowest BCUT2D eigenvalue weighted by Crippen LogP contribution is -2.50. The fourth-order valence-corrected chi connectivity index (χ4v) is 9.28. The van der Waals surface area contributed by atoms with Gasteiger partial charge in [0.15, 0.2) is 0 Å². The molecule has 1 heterocycles. The molecule has 0 aliphatic carbocycles. The lowest BCUT2D eigenvalue weighted by Gasteiger charge is -2.53. The topological polar surface area (TPSA) is 24.5 Å². The van der Waals surface area contributed by atoms with Crippen molar-refractivity contribution in [2.45, 2.75) is 57.7 Å². The van der Waals surface area contributed by atoms with E-state index < -0.39 is 9.06 Å². The summed E-state index contributed by atoms with van der Waals surface area (Å²) in [6.45, 7) is 6.76. The summed E-state index contributed by atoms with van der Waals surface area (Å²) in [5.41, 5.74) is 3.45. The minimum Gasteiger partial charge on any atom is -0.385 e. The van der Waals surface area contributed by atoms with Gasteiger partial charge in [-0.15, -0.1) is 0 Å². The third kappa shape index (κ3) is 7.00. The Balaban J connectivity index is 2.28. The Kier molecular flexibility index (Phi) is 10.5. The summed E-state index contributed by atoms with van der Waals surface area (Å²) in [6, 6.07) is 0. The smallest absolute Gasteiger partial charge is 0.0867 e. The van der Waals surface area contributed by atoms with Gasteiger partial charge in [-0.1, -0.05) is 50.3 Å². The molecule has 0 aromatic heterocycles. The van der Waals surface area contributed by atoms with Crippen LogP contribution in [0, 0.1) is 5.92 Å². The zero-order valence-electron chi connectivity index (χ0n) is 15.4. The number of nitrogens with one attached hydrogen (secondary N) is 1. The molecule has 0 bridgehead atoms. The van der Waals surface area contributed by atoms with Gasteiger partial charge in [-0.3, -0.25) is 5.43 Å². The second kappa shape index (κ2) is 11.2. The Hall–Kier alpha value is 0.580. The third-order valence-electron chi connectivity index (χ3n) is 4.72. The summed E-state index contributed by atoms with van der Waals surface area (Å²) in [5, 5.41) is 3.18. The first-order valence-corrected chi connectivity index (χ1v) is 12.7. The minimum atomic E-state index is -0.419. The molecular weight excluding hydrogens is 312 g/mol. The van der Waals surface area contributed by atoms with E-state index in [-0.39, 0.29) is 0 Å².